The number of aromatic nitrogens is 2. The van der Waals surface area contributed by atoms with Crippen LogP contribution >= 0.6 is 39.1 Å². The van der Waals surface area contributed by atoms with Gasteiger partial charge in [-0.05, 0) is 53.2 Å². The monoisotopic (exact) mass is 386 g/mol. The Hall–Kier alpha value is -1.10. The fraction of sp³-hybridized carbons (Fsp3) is 0.133. The molecule has 0 saturated carbocycles. The summed E-state index contributed by atoms with van der Waals surface area (Å²) in [7, 11) is 0. The second-order valence-corrected chi connectivity index (χ2v) is 6.54. The lowest BCUT2D eigenvalue weighted by atomic mass is 10.2. The molecule has 1 unspecified atom stereocenters. The zero-order chi connectivity index (χ0) is 15.1. The molecule has 21 heavy (non-hydrogen) atoms. The maximum atomic E-state index is 13.9. The molecule has 1 aromatic heterocycles. The summed E-state index contributed by atoms with van der Waals surface area (Å²) >= 11 is 15.7. The van der Waals surface area contributed by atoms with Gasteiger partial charge in [-0.3, -0.25) is 4.57 Å². The molecule has 0 N–H and O–H groups in total. The molecule has 3 aromatic rings. The number of hydrogen-bond acceptors (Lipinski definition) is 1. The van der Waals surface area contributed by atoms with Crippen LogP contribution in [0.5, 0.6) is 0 Å². The van der Waals surface area contributed by atoms with E-state index in [4.69, 9.17) is 23.2 Å². The molecular weight excluding hydrogens is 378 g/mol. The average molecular weight is 388 g/mol. The summed E-state index contributed by atoms with van der Waals surface area (Å²) in [6.45, 7) is 1.82. The van der Waals surface area contributed by atoms with E-state index >= 15 is 0 Å². The van der Waals surface area contributed by atoms with Gasteiger partial charge in [0.2, 0.25) is 0 Å². The molecule has 0 saturated heterocycles. The molecule has 1 atom stereocenters. The van der Waals surface area contributed by atoms with Crippen molar-refractivity contribution in [2.75, 3.05) is 0 Å². The first kappa shape index (κ1) is 14.8. The maximum absolute atomic E-state index is 13.9. The van der Waals surface area contributed by atoms with Crippen LogP contribution in [0.3, 0.4) is 0 Å². The third kappa shape index (κ3) is 2.56. The quantitative estimate of drug-likeness (QED) is 0.502. The molecule has 3 rings (SSSR count). The highest BCUT2D eigenvalue weighted by Crippen LogP contribution is 2.33. The summed E-state index contributed by atoms with van der Waals surface area (Å²) in [5.41, 5.74) is 2.09. The predicted molar refractivity (Wildman–Crippen MR) is 88.0 cm³/mol. The third-order valence-electron chi connectivity index (χ3n) is 3.17. The van der Waals surface area contributed by atoms with Gasteiger partial charge in [-0.15, -0.1) is 11.6 Å². The lowest BCUT2D eigenvalue weighted by molar-refractivity contribution is 0.619. The standard InChI is InChI=1S/C15H10BrCl2FN2/c1-8(17)15-20-13-4-2-3-11(18)14(13)21(15)9-5-6-10(16)12(19)7-9/h2-8H,1H3. The summed E-state index contributed by atoms with van der Waals surface area (Å²) < 4.78 is 16.1. The zero-order valence-electron chi connectivity index (χ0n) is 10.9. The SMILES string of the molecule is CC(Cl)c1nc2cccc(Cl)c2n1-c1ccc(Br)c(F)c1. The van der Waals surface area contributed by atoms with Crippen LogP contribution in [0.2, 0.25) is 5.02 Å². The normalized spacial score (nSPS) is 12.8. The molecule has 1 heterocycles. The van der Waals surface area contributed by atoms with Crippen molar-refractivity contribution in [3.63, 3.8) is 0 Å². The smallest absolute Gasteiger partial charge is 0.139 e. The van der Waals surface area contributed by atoms with E-state index < -0.39 is 0 Å². The Kier molecular flexibility index (Phi) is 3.95. The van der Waals surface area contributed by atoms with E-state index in [1.807, 2.05) is 19.1 Å². The first-order valence-corrected chi connectivity index (χ1v) is 7.86. The number of para-hydroxylation sites is 1. The highest BCUT2D eigenvalue weighted by atomic mass is 79.9. The van der Waals surface area contributed by atoms with E-state index in [1.54, 1.807) is 22.8 Å². The van der Waals surface area contributed by atoms with Gasteiger partial charge in [0, 0.05) is 0 Å². The summed E-state index contributed by atoms with van der Waals surface area (Å²) in [6.07, 6.45) is 0. The van der Waals surface area contributed by atoms with Gasteiger partial charge in [-0.2, -0.15) is 0 Å². The minimum atomic E-state index is -0.352. The minimum Gasteiger partial charge on any atom is -0.293 e. The number of nitrogens with zero attached hydrogens (tertiary/aromatic N) is 2. The summed E-state index contributed by atoms with van der Waals surface area (Å²) in [4.78, 5) is 4.51. The lowest BCUT2D eigenvalue weighted by Crippen LogP contribution is -2.02. The molecule has 0 spiro atoms. The number of hydrogen-bond donors (Lipinski definition) is 0. The van der Waals surface area contributed by atoms with Crippen LogP contribution in [0.15, 0.2) is 40.9 Å². The average Bonchev–Trinajstić information content (AvgIpc) is 2.83. The second kappa shape index (κ2) is 5.59. The van der Waals surface area contributed by atoms with Crippen LogP contribution in [0.1, 0.15) is 18.1 Å². The van der Waals surface area contributed by atoms with Crippen molar-refractivity contribution in [1.29, 1.82) is 0 Å². The fourth-order valence-corrected chi connectivity index (χ4v) is 2.90. The van der Waals surface area contributed by atoms with Crippen LogP contribution in [-0.4, -0.2) is 9.55 Å². The number of rotatable bonds is 2. The molecular formula is C15H10BrCl2FN2. The van der Waals surface area contributed by atoms with Crippen molar-refractivity contribution in [1.82, 2.24) is 9.55 Å². The number of imidazole rings is 1. The predicted octanol–water partition coefficient (Wildman–Crippen LogP) is 5.88. The van der Waals surface area contributed by atoms with Gasteiger partial charge < -0.3 is 0 Å². The maximum Gasteiger partial charge on any atom is 0.139 e. The van der Waals surface area contributed by atoms with Crippen molar-refractivity contribution < 1.29 is 4.39 Å². The molecule has 6 heteroatoms. The number of benzene rings is 2. The fourth-order valence-electron chi connectivity index (χ4n) is 2.26. The van der Waals surface area contributed by atoms with Crippen molar-refractivity contribution >= 4 is 50.2 Å². The topological polar surface area (TPSA) is 17.8 Å². The Morgan fingerprint density at radius 1 is 1.29 bits per heavy atom. The number of fused-ring (bicyclic) bond motifs is 1. The summed E-state index contributed by atoms with van der Waals surface area (Å²) in [5.74, 6) is 0.274. The van der Waals surface area contributed by atoms with Crippen molar-refractivity contribution in [2.45, 2.75) is 12.3 Å². The van der Waals surface area contributed by atoms with Crippen LogP contribution in [0.4, 0.5) is 4.39 Å². The first-order chi connectivity index (χ1) is 9.99. The van der Waals surface area contributed by atoms with E-state index in [0.717, 1.165) is 11.0 Å². The van der Waals surface area contributed by atoms with Gasteiger partial charge in [-0.25, -0.2) is 9.37 Å². The van der Waals surface area contributed by atoms with Crippen molar-refractivity contribution in [3.8, 4) is 5.69 Å². The first-order valence-electron chi connectivity index (χ1n) is 6.25. The van der Waals surface area contributed by atoms with Crippen LogP contribution in [0.25, 0.3) is 16.7 Å². The molecule has 0 radical (unpaired) electrons. The van der Waals surface area contributed by atoms with Crippen LogP contribution in [0, 0.1) is 5.82 Å². The van der Waals surface area contributed by atoms with Crippen molar-refractivity contribution in [2.24, 2.45) is 0 Å². The Morgan fingerprint density at radius 3 is 2.71 bits per heavy atom. The highest BCUT2D eigenvalue weighted by Gasteiger charge is 2.18. The number of alkyl halides is 1. The summed E-state index contributed by atoms with van der Waals surface area (Å²) in [5, 5.41) is 0.215. The molecule has 2 nitrogen and oxygen atoms in total. The van der Waals surface area contributed by atoms with E-state index in [-0.39, 0.29) is 11.2 Å². The van der Waals surface area contributed by atoms with Gasteiger partial charge in [0.25, 0.3) is 0 Å². The van der Waals surface area contributed by atoms with Gasteiger partial charge >= 0.3 is 0 Å². The van der Waals surface area contributed by atoms with Gasteiger partial charge in [0.15, 0.2) is 0 Å². The highest BCUT2D eigenvalue weighted by molar-refractivity contribution is 9.10. The van der Waals surface area contributed by atoms with Gasteiger partial charge in [0.05, 0.1) is 31.6 Å². The second-order valence-electron chi connectivity index (χ2n) is 4.63. The van der Waals surface area contributed by atoms with E-state index in [2.05, 4.69) is 20.9 Å². The molecule has 0 amide bonds. The van der Waals surface area contributed by atoms with Crippen molar-refractivity contribution in [3.05, 3.63) is 57.5 Å². The molecule has 2 aromatic carbocycles. The Morgan fingerprint density at radius 2 is 2.05 bits per heavy atom. The molecule has 0 aliphatic rings. The van der Waals surface area contributed by atoms with Crippen LogP contribution < -0.4 is 0 Å². The molecule has 0 fully saturated rings. The zero-order valence-corrected chi connectivity index (χ0v) is 14.0. The van der Waals surface area contributed by atoms with Crippen LogP contribution in [-0.2, 0) is 0 Å². The Balaban J connectivity index is 2.38. The van der Waals surface area contributed by atoms with E-state index in [0.29, 0.717) is 21.0 Å². The molecule has 0 aliphatic heterocycles. The molecule has 0 bridgehead atoms. The van der Waals surface area contributed by atoms with Gasteiger partial charge in [-0.1, -0.05) is 17.7 Å². The van der Waals surface area contributed by atoms with Gasteiger partial charge in [0.1, 0.15) is 11.6 Å². The van der Waals surface area contributed by atoms with E-state index in [1.165, 1.54) is 6.07 Å². The minimum absolute atomic E-state index is 0.333. The number of halogens is 4. The molecule has 108 valence electrons. The Labute approximate surface area is 139 Å². The third-order valence-corrected chi connectivity index (χ3v) is 4.31. The van der Waals surface area contributed by atoms with E-state index in [9.17, 15) is 4.39 Å². The molecule has 0 aliphatic carbocycles. The summed E-state index contributed by atoms with van der Waals surface area (Å²) in [6, 6.07) is 10.3. The Bertz CT molecular complexity index is 830. The lowest BCUT2D eigenvalue weighted by Gasteiger charge is -2.11. The largest absolute Gasteiger partial charge is 0.293 e.